The lowest BCUT2D eigenvalue weighted by atomic mass is 9.98. The summed E-state index contributed by atoms with van der Waals surface area (Å²) in [4.78, 5) is 33.1. The summed E-state index contributed by atoms with van der Waals surface area (Å²) in [5, 5.41) is 10.7. The number of phenolic OH excluding ortho intramolecular Hbond substituents is 1. The molecule has 1 N–H and O–H groups in total. The number of hydrogen-bond acceptors (Lipinski definition) is 7. The largest absolute Gasteiger partial charge is 0.504 e. The fourth-order valence-corrected chi connectivity index (χ4v) is 5.30. The quantitative estimate of drug-likeness (QED) is 0.395. The van der Waals surface area contributed by atoms with Crippen LogP contribution in [0.3, 0.4) is 0 Å². The van der Waals surface area contributed by atoms with Crippen LogP contribution in [0.2, 0.25) is 0 Å². The number of para-hydroxylation sites is 1. The molecule has 34 heavy (non-hydrogen) atoms. The van der Waals surface area contributed by atoms with Crippen LogP contribution in [0, 0.1) is 5.82 Å². The summed E-state index contributed by atoms with van der Waals surface area (Å²) in [6.07, 6.45) is 0. The van der Waals surface area contributed by atoms with Gasteiger partial charge in [0, 0.05) is 0 Å². The first-order chi connectivity index (χ1) is 16.5. The highest BCUT2D eigenvalue weighted by atomic mass is 32.1. The summed E-state index contributed by atoms with van der Waals surface area (Å²) in [5.74, 6) is -0.916. The van der Waals surface area contributed by atoms with Crippen molar-refractivity contribution in [2.75, 3.05) is 12.0 Å². The van der Waals surface area contributed by atoms with Crippen LogP contribution in [0.25, 0.3) is 21.2 Å². The third-order valence-electron chi connectivity index (χ3n) is 5.84. The summed E-state index contributed by atoms with van der Waals surface area (Å²) in [6, 6.07) is 14.6. The molecule has 0 unspecified atom stereocenters. The summed E-state index contributed by atoms with van der Waals surface area (Å²) in [5.41, 5.74) is 1.18. The van der Waals surface area contributed by atoms with Crippen molar-refractivity contribution in [3.63, 3.8) is 0 Å². The van der Waals surface area contributed by atoms with Gasteiger partial charge in [-0.15, -0.1) is 0 Å². The van der Waals surface area contributed by atoms with Crippen molar-refractivity contribution in [3.05, 3.63) is 93.6 Å². The average molecular weight is 474 g/mol. The SMILES string of the molecule is COc1cc([C@@H]2c3c(oc4ccccc4c3=O)C(=O)N2c2nc3ccc(F)cc3s2)ccc1O. The Labute approximate surface area is 195 Å². The van der Waals surface area contributed by atoms with Crippen molar-refractivity contribution in [2.24, 2.45) is 0 Å². The van der Waals surface area contributed by atoms with Crippen LogP contribution in [0.1, 0.15) is 27.7 Å². The maximum Gasteiger partial charge on any atom is 0.297 e. The van der Waals surface area contributed by atoms with Crippen molar-refractivity contribution in [3.8, 4) is 11.5 Å². The molecule has 168 valence electrons. The van der Waals surface area contributed by atoms with Gasteiger partial charge in [-0.25, -0.2) is 9.37 Å². The topological polar surface area (TPSA) is 92.9 Å². The second kappa shape index (κ2) is 7.39. The number of phenols is 1. The minimum absolute atomic E-state index is 0.0776. The second-order valence-corrected chi connectivity index (χ2v) is 8.80. The Morgan fingerprint density at radius 2 is 1.94 bits per heavy atom. The van der Waals surface area contributed by atoms with Gasteiger partial charge in [0.1, 0.15) is 11.4 Å². The molecule has 0 saturated carbocycles. The first kappa shape index (κ1) is 20.4. The number of rotatable bonds is 3. The van der Waals surface area contributed by atoms with Gasteiger partial charge in [0.25, 0.3) is 5.91 Å². The molecule has 0 aliphatic carbocycles. The molecule has 6 rings (SSSR count). The van der Waals surface area contributed by atoms with Gasteiger partial charge in [-0.3, -0.25) is 14.5 Å². The van der Waals surface area contributed by atoms with E-state index in [1.807, 2.05) is 0 Å². The van der Waals surface area contributed by atoms with E-state index in [-0.39, 0.29) is 33.4 Å². The van der Waals surface area contributed by atoms with E-state index in [0.29, 0.717) is 26.7 Å². The molecule has 2 aromatic heterocycles. The summed E-state index contributed by atoms with van der Waals surface area (Å²) < 4.78 is 25.5. The molecule has 5 aromatic rings. The number of amides is 1. The lowest BCUT2D eigenvalue weighted by Gasteiger charge is -2.23. The summed E-state index contributed by atoms with van der Waals surface area (Å²) in [7, 11) is 1.41. The third-order valence-corrected chi connectivity index (χ3v) is 6.86. The molecular weight excluding hydrogens is 459 g/mol. The van der Waals surface area contributed by atoms with Gasteiger partial charge in [0.15, 0.2) is 22.1 Å². The molecule has 9 heteroatoms. The highest BCUT2D eigenvalue weighted by Crippen LogP contribution is 2.45. The minimum Gasteiger partial charge on any atom is -0.504 e. The Morgan fingerprint density at radius 1 is 1.12 bits per heavy atom. The van der Waals surface area contributed by atoms with Gasteiger partial charge in [-0.05, 0) is 48.0 Å². The number of hydrogen-bond donors (Lipinski definition) is 1. The van der Waals surface area contributed by atoms with E-state index >= 15 is 0 Å². The number of anilines is 1. The summed E-state index contributed by atoms with van der Waals surface area (Å²) >= 11 is 1.13. The number of ether oxygens (including phenoxy) is 1. The number of fused-ring (bicyclic) bond motifs is 3. The molecule has 3 aromatic carbocycles. The van der Waals surface area contributed by atoms with Gasteiger partial charge < -0.3 is 14.3 Å². The van der Waals surface area contributed by atoms with E-state index in [0.717, 1.165) is 11.3 Å². The van der Waals surface area contributed by atoms with Crippen LogP contribution in [0.15, 0.2) is 69.9 Å². The van der Waals surface area contributed by atoms with E-state index in [9.17, 15) is 19.1 Å². The molecule has 7 nitrogen and oxygen atoms in total. The van der Waals surface area contributed by atoms with E-state index in [2.05, 4.69) is 4.98 Å². The van der Waals surface area contributed by atoms with Gasteiger partial charge >= 0.3 is 0 Å². The second-order valence-electron chi connectivity index (χ2n) is 7.79. The maximum absolute atomic E-state index is 13.8. The number of thiazole rings is 1. The molecule has 0 fully saturated rings. The van der Waals surface area contributed by atoms with E-state index in [1.165, 1.54) is 36.3 Å². The van der Waals surface area contributed by atoms with Crippen LogP contribution >= 0.6 is 11.3 Å². The van der Waals surface area contributed by atoms with Crippen molar-refractivity contribution in [1.82, 2.24) is 4.98 Å². The van der Waals surface area contributed by atoms with E-state index < -0.39 is 17.8 Å². The molecule has 1 atom stereocenters. The maximum atomic E-state index is 13.8. The minimum atomic E-state index is -0.886. The first-order valence-electron chi connectivity index (χ1n) is 10.3. The van der Waals surface area contributed by atoms with Crippen LogP contribution in [-0.4, -0.2) is 23.1 Å². The fourth-order valence-electron chi connectivity index (χ4n) is 4.29. The normalized spacial score (nSPS) is 15.3. The average Bonchev–Trinajstić information content (AvgIpc) is 3.38. The lowest BCUT2D eigenvalue weighted by molar-refractivity contribution is 0.0971. The first-order valence-corrected chi connectivity index (χ1v) is 11.1. The zero-order chi connectivity index (χ0) is 23.6. The van der Waals surface area contributed by atoms with Crippen molar-refractivity contribution >= 4 is 43.6 Å². The standard InChI is InChI=1S/C25H15FN2O5S/c1-32-18-10-12(6-9-16(18)29)21-20-22(30)14-4-2-3-5-17(14)33-23(20)24(31)28(21)25-27-15-8-7-13(26)11-19(15)34-25/h2-11,21,29H,1H3/t21-/m1/s1. The van der Waals surface area contributed by atoms with Gasteiger partial charge in [0.05, 0.1) is 34.3 Å². The predicted octanol–water partition coefficient (Wildman–Crippen LogP) is 5.01. The monoisotopic (exact) mass is 474 g/mol. The van der Waals surface area contributed by atoms with Crippen LogP contribution < -0.4 is 15.1 Å². The molecule has 1 amide bonds. The van der Waals surface area contributed by atoms with Crippen molar-refractivity contribution in [1.29, 1.82) is 0 Å². The molecule has 3 heterocycles. The highest BCUT2D eigenvalue weighted by molar-refractivity contribution is 7.22. The lowest BCUT2D eigenvalue weighted by Crippen LogP contribution is -2.29. The van der Waals surface area contributed by atoms with Crippen LogP contribution in [0.5, 0.6) is 11.5 Å². The number of benzene rings is 3. The van der Waals surface area contributed by atoms with E-state index in [1.54, 1.807) is 36.4 Å². The van der Waals surface area contributed by atoms with E-state index in [4.69, 9.17) is 9.15 Å². The Kier molecular flexibility index (Phi) is 4.43. The number of methoxy groups -OCH3 is 1. The third kappa shape index (κ3) is 2.90. The Bertz CT molecular complexity index is 1690. The summed E-state index contributed by atoms with van der Waals surface area (Å²) in [6.45, 7) is 0. The fraction of sp³-hybridized carbons (Fsp3) is 0.0800. The molecule has 0 bridgehead atoms. The highest BCUT2D eigenvalue weighted by Gasteiger charge is 2.45. The number of aromatic hydroxyl groups is 1. The Balaban J connectivity index is 1.64. The smallest absolute Gasteiger partial charge is 0.297 e. The van der Waals surface area contributed by atoms with Crippen molar-refractivity contribution in [2.45, 2.75) is 6.04 Å². The zero-order valence-electron chi connectivity index (χ0n) is 17.6. The molecule has 0 saturated heterocycles. The molecular formula is C25H15FN2O5S. The van der Waals surface area contributed by atoms with Crippen LogP contribution in [0.4, 0.5) is 9.52 Å². The van der Waals surface area contributed by atoms with Gasteiger partial charge in [-0.2, -0.15) is 0 Å². The number of carbonyl (C=O) groups is 1. The number of halogens is 1. The zero-order valence-corrected chi connectivity index (χ0v) is 18.4. The Morgan fingerprint density at radius 3 is 2.76 bits per heavy atom. The number of aromatic nitrogens is 1. The number of nitrogens with zero attached hydrogens (tertiary/aromatic N) is 2. The Hall–Kier alpha value is -4.24. The van der Waals surface area contributed by atoms with Crippen molar-refractivity contribution < 1.29 is 23.4 Å². The molecule has 1 aliphatic heterocycles. The molecule has 0 spiro atoms. The number of carbonyl (C=O) groups excluding carboxylic acids is 1. The molecule has 0 radical (unpaired) electrons. The predicted molar refractivity (Wildman–Crippen MR) is 125 cm³/mol. The van der Waals surface area contributed by atoms with Gasteiger partial charge in [0.2, 0.25) is 5.76 Å². The van der Waals surface area contributed by atoms with Crippen LogP contribution in [-0.2, 0) is 0 Å². The molecule has 1 aliphatic rings. The van der Waals surface area contributed by atoms with Gasteiger partial charge in [-0.1, -0.05) is 29.5 Å².